The average molecular weight is 419 g/mol. The Bertz CT molecular complexity index is 670. The fraction of sp³-hybridized carbons (Fsp3) is 0.929. The molecule has 0 radical (unpaired) electrons. The molecular weight excluding hydrogens is 371 g/mol. The van der Waals surface area contributed by atoms with E-state index in [4.69, 9.17) is 0 Å². The Labute approximate surface area is 185 Å². The van der Waals surface area contributed by atoms with E-state index >= 15 is 4.39 Å². The van der Waals surface area contributed by atoms with Crippen LogP contribution in [0.4, 0.5) is 4.39 Å². The topological polar surface area (TPSA) is 20.2 Å². The van der Waals surface area contributed by atoms with Crippen molar-refractivity contribution in [2.45, 2.75) is 118 Å². The first-order chi connectivity index (χ1) is 14.0. The molecule has 0 aromatic heterocycles. The summed E-state index contributed by atoms with van der Waals surface area (Å²) < 4.78 is 16.1. The van der Waals surface area contributed by atoms with E-state index < -0.39 is 6.17 Å². The molecule has 2 heteroatoms. The predicted octanol–water partition coefficient (Wildman–Crippen LogP) is 7.73. The van der Waals surface area contributed by atoms with Gasteiger partial charge in [-0.15, -0.1) is 0 Å². The van der Waals surface area contributed by atoms with Gasteiger partial charge >= 0.3 is 0 Å². The van der Waals surface area contributed by atoms with Crippen LogP contribution in [0.3, 0.4) is 0 Å². The molecule has 4 aliphatic carbocycles. The van der Waals surface area contributed by atoms with Crippen molar-refractivity contribution < 1.29 is 9.50 Å². The summed E-state index contributed by atoms with van der Waals surface area (Å²) in [4.78, 5) is 0. The van der Waals surface area contributed by atoms with Crippen LogP contribution in [0.1, 0.15) is 106 Å². The summed E-state index contributed by atoms with van der Waals surface area (Å²) in [6, 6.07) is 0. The van der Waals surface area contributed by atoms with Crippen molar-refractivity contribution in [3.63, 3.8) is 0 Å². The van der Waals surface area contributed by atoms with Crippen LogP contribution in [0.25, 0.3) is 0 Å². The highest BCUT2D eigenvalue weighted by Gasteiger charge is 2.67. The van der Waals surface area contributed by atoms with E-state index in [1.807, 2.05) is 0 Å². The number of rotatable bonds is 5. The Morgan fingerprint density at radius 3 is 2.50 bits per heavy atom. The third-order valence-corrected chi connectivity index (χ3v) is 11.1. The van der Waals surface area contributed by atoms with Gasteiger partial charge in [0.15, 0.2) is 0 Å². The van der Waals surface area contributed by atoms with Gasteiger partial charge in [0, 0.05) is 5.41 Å². The van der Waals surface area contributed by atoms with E-state index in [2.05, 4.69) is 47.6 Å². The van der Waals surface area contributed by atoms with Crippen LogP contribution in [0.15, 0.2) is 11.6 Å². The molecule has 0 unspecified atom stereocenters. The fourth-order valence-electron chi connectivity index (χ4n) is 8.82. The van der Waals surface area contributed by atoms with Gasteiger partial charge in [0.2, 0.25) is 0 Å². The molecule has 0 bridgehead atoms. The van der Waals surface area contributed by atoms with Crippen molar-refractivity contribution in [1.29, 1.82) is 0 Å². The van der Waals surface area contributed by atoms with Crippen molar-refractivity contribution in [2.24, 2.45) is 45.8 Å². The van der Waals surface area contributed by atoms with Crippen LogP contribution < -0.4 is 0 Å². The molecule has 3 saturated carbocycles. The van der Waals surface area contributed by atoms with E-state index in [1.165, 1.54) is 37.7 Å². The third kappa shape index (κ3) is 3.25. The molecule has 1 nitrogen and oxygen atoms in total. The van der Waals surface area contributed by atoms with Crippen LogP contribution in [0.5, 0.6) is 0 Å². The van der Waals surface area contributed by atoms with Crippen molar-refractivity contribution in [3.05, 3.63) is 11.6 Å². The SMILES string of the molecule is CC(C)CCC[C@@H](C)[C@H]1C[C@H](F)[C@@]2(C)C3=CC[C@H]4C[C@@H](O)CC[C@]4(C)[C@H]3CC[C@]12C. The summed E-state index contributed by atoms with van der Waals surface area (Å²) in [5, 5.41) is 10.3. The third-order valence-electron chi connectivity index (χ3n) is 11.1. The minimum atomic E-state index is -0.705. The summed E-state index contributed by atoms with van der Waals surface area (Å²) in [6.45, 7) is 14.3. The molecule has 172 valence electrons. The zero-order chi connectivity index (χ0) is 21.9. The van der Waals surface area contributed by atoms with Gasteiger partial charge in [-0.3, -0.25) is 0 Å². The lowest BCUT2D eigenvalue weighted by Crippen LogP contribution is -2.55. The molecule has 0 aromatic rings. The van der Waals surface area contributed by atoms with Crippen LogP contribution in [0, 0.1) is 45.8 Å². The molecule has 1 N–H and O–H groups in total. The maximum absolute atomic E-state index is 16.1. The minimum absolute atomic E-state index is 0.0867. The summed E-state index contributed by atoms with van der Waals surface area (Å²) in [7, 11) is 0. The molecule has 9 atom stereocenters. The summed E-state index contributed by atoms with van der Waals surface area (Å²) in [5.41, 5.74) is 1.53. The number of hydrogen-bond acceptors (Lipinski definition) is 1. The van der Waals surface area contributed by atoms with E-state index in [0.717, 1.165) is 38.0 Å². The minimum Gasteiger partial charge on any atom is -0.393 e. The Balaban J connectivity index is 1.61. The second kappa shape index (κ2) is 7.89. The van der Waals surface area contributed by atoms with Crippen molar-refractivity contribution >= 4 is 0 Å². The maximum Gasteiger partial charge on any atom is 0.110 e. The Kier molecular flexibility index (Phi) is 6.00. The number of hydrogen-bond donors (Lipinski definition) is 1. The van der Waals surface area contributed by atoms with Crippen LogP contribution >= 0.6 is 0 Å². The molecule has 0 aliphatic heterocycles. The standard InChI is InChI=1S/C28H47FO/c1-18(2)8-7-9-19(3)24-17-25(29)28(6)23-11-10-20-16-21(30)12-14-26(20,4)22(23)13-15-27(24,28)5/h11,18-22,24-25,30H,7-10,12-17H2,1-6H3/t19-,20+,21+,22+,24-,25+,26+,27-,28-/m1/s1. The van der Waals surface area contributed by atoms with Gasteiger partial charge in [0.25, 0.3) is 0 Å². The summed E-state index contributed by atoms with van der Waals surface area (Å²) in [5.74, 6) is 2.98. The van der Waals surface area contributed by atoms with Crippen molar-refractivity contribution in [1.82, 2.24) is 0 Å². The van der Waals surface area contributed by atoms with Gasteiger partial charge in [-0.2, -0.15) is 0 Å². The van der Waals surface area contributed by atoms with Gasteiger partial charge in [-0.1, -0.05) is 72.5 Å². The highest BCUT2D eigenvalue weighted by Crippen LogP contribution is 2.72. The van der Waals surface area contributed by atoms with E-state index in [1.54, 1.807) is 0 Å². The zero-order valence-corrected chi connectivity index (χ0v) is 20.5. The second-order valence-corrected chi connectivity index (χ2v) is 12.8. The number of allylic oxidation sites excluding steroid dienone is 2. The molecule has 0 aromatic carbocycles. The largest absolute Gasteiger partial charge is 0.393 e. The van der Waals surface area contributed by atoms with Crippen LogP contribution in [-0.4, -0.2) is 17.4 Å². The smallest absolute Gasteiger partial charge is 0.110 e. The maximum atomic E-state index is 16.1. The number of aliphatic hydroxyl groups is 1. The number of aliphatic hydroxyl groups excluding tert-OH is 1. The molecule has 30 heavy (non-hydrogen) atoms. The number of fused-ring (bicyclic) bond motifs is 5. The monoisotopic (exact) mass is 418 g/mol. The summed E-state index contributed by atoms with van der Waals surface area (Å²) >= 11 is 0. The molecule has 0 saturated heterocycles. The van der Waals surface area contributed by atoms with Gasteiger partial charge in [-0.25, -0.2) is 4.39 Å². The van der Waals surface area contributed by atoms with E-state index in [0.29, 0.717) is 23.7 Å². The molecule has 0 heterocycles. The van der Waals surface area contributed by atoms with Gasteiger partial charge in [-0.05, 0) is 85.4 Å². The van der Waals surface area contributed by atoms with Crippen LogP contribution in [-0.2, 0) is 0 Å². The molecule has 4 rings (SSSR count). The Morgan fingerprint density at radius 2 is 1.80 bits per heavy atom. The lowest BCUT2D eigenvalue weighted by Gasteiger charge is -2.61. The van der Waals surface area contributed by atoms with Crippen molar-refractivity contribution in [3.8, 4) is 0 Å². The Hall–Kier alpha value is -0.370. The first kappa shape index (κ1) is 22.8. The van der Waals surface area contributed by atoms with E-state index in [9.17, 15) is 5.11 Å². The number of alkyl halides is 1. The molecule has 3 fully saturated rings. The van der Waals surface area contributed by atoms with Crippen molar-refractivity contribution in [2.75, 3.05) is 0 Å². The lowest BCUT2D eigenvalue weighted by atomic mass is 9.43. The summed E-state index contributed by atoms with van der Waals surface area (Å²) in [6.07, 6.45) is 12.7. The average Bonchev–Trinajstić information content (AvgIpc) is 2.89. The highest BCUT2D eigenvalue weighted by molar-refractivity contribution is 5.34. The fourth-order valence-corrected chi connectivity index (χ4v) is 8.82. The predicted molar refractivity (Wildman–Crippen MR) is 124 cm³/mol. The van der Waals surface area contributed by atoms with Gasteiger partial charge in [0.1, 0.15) is 6.17 Å². The van der Waals surface area contributed by atoms with Crippen LogP contribution in [0.2, 0.25) is 0 Å². The lowest BCUT2D eigenvalue weighted by molar-refractivity contribution is -0.0725. The highest BCUT2D eigenvalue weighted by atomic mass is 19.1. The molecule has 4 aliphatic rings. The quantitative estimate of drug-likeness (QED) is 0.453. The molecule has 0 spiro atoms. The van der Waals surface area contributed by atoms with E-state index in [-0.39, 0.29) is 22.3 Å². The normalized spacial score (nSPS) is 49.2. The van der Waals surface area contributed by atoms with Gasteiger partial charge in [0.05, 0.1) is 6.10 Å². The number of halogens is 1. The second-order valence-electron chi connectivity index (χ2n) is 12.8. The Morgan fingerprint density at radius 1 is 1.07 bits per heavy atom. The molecular formula is C28H47FO. The van der Waals surface area contributed by atoms with Gasteiger partial charge < -0.3 is 5.11 Å². The first-order valence-corrected chi connectivity index (χ1v) is 13.1. The first-order valence-electron chi connectivity index (χ1n) is 13.1. The zero-order valence-electron chi connectivity index (χ0n) is 20.5. The molecule has 0 amide bonds.